The maximum atomic E-state index is 12.2. The zero-order chi connectivity index (χ0) is 14.8. The van der Waals surface area contributed by atoms with Crippen LogP contribution in [-0.4, -0.2) is 17.4 Å². The monoisotopic (exact) mass is 300 g/mol. The molecule has 0 spiro atoms. The van der Waals surface area contributed by atoms with Gasteiger partial charge in [0.25, 0.3) is 5.91 Å². The lowest BCUT2D eigenvalue weighted by Gasteiger charge is -2.02. The molecule has 1 N–H and O–H groups in total. The van der Waals surface area contributed by atoms with Crippen LogP contribution in [0.3, 0.4) is 0 Å². The lowest BCUT2D eigenvalue weighted by Crippen LogP contribution is -2.25. The maximum absolute atomic E-state index is 12.2. The van der Waals surface area contributed by atoms with E-state index in [1.54, 1.807) is 11.3 Å². The Morgan fingerprint density at radius 3 is 2.86 bits per heavy atom. The van der Waals surface area contributed by atoms with E-state index in [1.165, 1.54) is 0 Å². The molecule has 108 valence electrons. The second-order valence-electron chi connectivity index (χ2n) is 4.94. The zero-order valence-corrected chi connectivity index (χ0v) is 12.8. The van der Waals surface area contributed by atoms with E-state index in [-0.39, 0.29) is 5.91 Å². The number of hydrogen-bond donors (Lipinski definition) is 1. The number of amides is 1. The number of nitrogens with zero attached hydrogens (tertiary/aromatic N) is 1. The number of rotatable bonds is 4. The third kappa shape index (κ3) is 2.83. The summed E-state index contributed by atoms with van der Waals surface area (Å²) in [5, 5.41) is 6.93. The highest BCUT2D eigenvalue weighted by molar-refractivity contribution is 7.09. The Kier molecular flexibility index (Phi) is 3.75. The minimum atomic E-state index is -0.169. The van der Waals surface area contributed by atoms with Crippen LogP contribution < -0.4 is 5.32 Å². The molecular formula is C16H16N2O2S. The van der Waals surface area contributed by atoms with Gasteiger partial charge in [-0.1, -0.05) is 18.2 Å². The summed E-state index contributed by atoms with van der Waals surface area (Å²) in [5.41, 5.74) is 2.65. The standard InChI is InChI=1S/C16H16N2O2S/c1-10-9-21-14(18-10)7-8-17-16(19)15-11(2)12-5-3-4-6-13(12)20-15/h3-6,9H,7-8H2,1-2H3,(H,17,19). The molecule has 5 heteroatoms. The van der Waals surface area contributed by atoms with Crippen molar-refractivity contribution < 1.29 is 9.21 Å². The first-order valence-electron chi connectivity index (χ1n) is 6.82. The summed E-state index contributed by atoms with van der Waals surface area (Å²) in [6.45, 7) is 4.43. The first kappa shape index (κ1) is 13.8. The van der Waals surface area contributed by atoms with Gasteiger partial charge in [0.2, 0.25) is 0 Å². The van der Waals surface area contributed by atoms with E-state index in [1.807, 2.05) is 43.5 Å². The molecule has 4 nitrogen and oxygen atoms in total. The van der Waals surface area contributed by atoms with Crippen LogP contribution in [0.5, 0.6) is 0 Å². The lowest BCUT2D eigenvalue weighted by atomic mass is 10.1. The van der Waals surface area contributed by atoms with Gasteiger partial charge in [0, 0.05) is 35.0 Å². The molecule has 0 saturated heterocycles. The van der Waals surface area contributed by atoms with Crippen LogP contribution in [-0.2, 0) is 6.42 Å². The Bertz CT molecular complexity index is 789. The van der Waals surface area contributed by atoms with Crippen LogP contribution in [0.15, 0.2) is 34.1 Å². The Balaban J connectivity index is 1.68. The van der Waals surface area contributed by atoms with E-state index in [9.17, 15) is 4.79 Å². The molecule has 0 fully saturated rings. The molecule has 0 aliphatic heterocycles. The first-order valence-corrected chi connectivity index (χ1v) is 7.70. The van der Waals surface area contributed by atoms with E-state index in [0.29, 0.717) is 12.3 Å². The molecule has 2 heterocycles. The zero-order valence-electron chi connectivity index (χ0n) is 12.0. The number of carbonyl (C=O) groups is 1. The molecule has 0 aliphatic carbocycles. The molecule has 0 saturated carbocycles. The van der Waals surface area contributed by atoms with Crippen LogP contribution in [0.4, 0.5) is 0 Å². The van der Waals surface area contributed by atoms with Gasteiger partial charge in [-0.15, -0.1) is 11.3 Å². The third-order valence-electron chi connectivity index (χ3n) is 3.34. The highest BCUT2D eigenvalue weighted by Gasteiger charge is 2.16. The number of thiazole rings is 1. The minimum Gasteiger partial charge on any atom is -0.451 e. The Hall–Kier alpha value is -2.14. The van der Waals surface area contributed by atoms with E-state index in [2.05, 4.69) is 10.3 Å². The second kappa shape index (κ2) is 5.69. The molecule has 3 aromatic rings. The molecule has 0 aliphatic rings. The highest BCUT2D eigenvalue weighted by Crippen LogP contribution is 2.24. The number of furan rings is 1. The van der Waals surface area contributed by atoms with Crippen LogP contribution in [0.1, 0.15) is 26.8 Å². The van der Waals surface area contributed by atoms with Gasteiger partial charge >= 0.3 is 0 Å². The van der Waals surface area contributed by atoms with Crippen molar-refractivity contribution in [3.63, 3.8) is 0 Å². The van der Waals surface area contributed by atoms with Crippen molar-refractivity contribution in [2.75, 3.05) is 6.54 Å². The molecule has 2 aromatic heterocycles. The Labute approximate surface area is 126 Å². The maximum Gasteiger partial charge on any atom is 0.287 e. The molecule has 1 aromatic carbocycles. The number of nitrogens with one attached hydrogen (secondary N) is 1. The average molecular weight is 300 g/mol. The summed E-state index contributed by atoms with van der Waals surface area (Å²) < 4.78 is 5.64. The van der Waals surface area contributed by atoms with E-state index in [4.69, 9.17) is 4.42 Å². The number of aromatic nitrogens is 1. The normalized spacial score (nSPS) is 11.0. The van der Waals surface area contributed by atoms with Gasteiger partial charge in [-0.2, -0.15) is 0 Å². The summed E-state index contributed by atoms with van der Waals surface area (Å²) in [7, 11) is 0. The van der Waals surface area contributed by atoms with E-state index < -0.39 is 0 Å². The van der Waals surface area contributed by atoms with Crippen molar-refractivity contribution in [3.8, 4) is 0 Å². The molecule has 1 amide bonds. The largest absolute Gasteiger partial charge is 0.451 e. The summed E-state index contributed by atoms with van der Waals surface area (Å²) in [5.74, 6) is 0.225. The van der Waals surface area contributed by atoms with Gasteiger partial charge in [0.15, 0.2) is 5.76 Å². The van der Waals surface area contributed by atoms with Crippen molar-refractivity contribution in [1.29, 1.82) is 0 Å². The number of hydrogen-bond acceptors (Lipinski definition) is 4. The summed E-state index contributed by atoms with van der Waals surface area (Å²) in [6, 6.07) is 7.68. The molecule has 0 radical (unpaired) electrons. The average Bonchev–Trinajstić information content (AvgIpc) is 3.03. The van der Waals surface area contributed by atoms with Crippen molar-refractivity contribution >= 4 is 28.2 Å². The number of carbonyl (C=O) groups excluding carboxylic acids is 1. The lowest BCUT2D eigenvalue weighted by molar-refractivity contribution is 0.0928. The van der Waals surface area contributed by atoms with Gasteiger partial charge in [-0.05, 0) is 19.9 Å². The van der Waals surface area contributed by atoms with Crippen LogP contribution in [0.25, 0.3) is 11.0 Å². The molecule has 0 unspecified atom stereocenters. The number of para-hydroxylation sites is 1. The third-order valence-corrected chi connectivity index (χ3v) is 4.37. The van der Waals surface area contributed by atoms with Crippen molar-refractivity contribution in [3.05, 3.63) is 51.7 Å². The second-order valence-corrected chi connectivity index (χ2v) is 5.88. The van der Waals surface area contributed by atoms with Crippen LogP contribution in [0.2, 0.25) is 0 Å². The van der Waals surface area contributed by atoms with Gasteiger partial charge in [0.1, 0.15) is 5.58 Å². The number of aryl methyl sites for hydroxylation is 2. The van der Waals surface area contributed by atoms with Gasteiger partial charge in [0.05, 0.1) is 5.01 Å². The molecule has 3 rings (SSSR count). The van der Waals surface area contributed by atoms with Crippen molar-refractivity contribution in [1.82, 2.24) is 10.3 Å². The SMILES string of the molecule is Cc1csc(CCNC(=O)c2oc3ccccc3c2C)n1. The van der Waals surface area contributed by atoms with Gasteiger partial charge < -0.3 is 9.73 Å². The van der Waals surface area contributed by atoms with Crippen molar-refractivity contribution in [2.45, 2.75) is 20.3 Å². The van der Waals surface area contributed by atoms with Crippen LogP contribution >= 0.6 is 11.3 Å². The molecule has 21 heavy (non-hydrogen) atoms. The Morgan fingerprint density at radius 1 is 1.33 bits per heavy atom. The topological polar surface area (TPSA) is 55.1 Å². The summed E-state index contributed by atoms with van der Waals surface area (Å²) in [6.07, 6.45) is 0.740. The molecule has 0 bridgehead atoms. The smallest absolute Gasteiger partial charge is 0.287 e. The first-order chi connectivity index (χ1) is 10.1. The highest BCUT2D eigenvalue weighted by atomic mass is 32.1. The van der Waals surface area contributed by atoms with Gasteiger partial charge in [-0.3, -0.25) is 4.79 Å². The number of fused-ring (bicyclic) bond motifs is 1. The summed E-state index contributed by atoms with van der Waals surface area (Å²) >= 11 is 1.62. The van der Waals surface area contributed by atoms with E-state index >= 15 is 0 Å². The number of benzene rings is 1. The molecule has 0 atom stereocenters. The summed E-state index contributed by atoms with van der Waals surface area (Å²) in [4.78, 5) is 16.6. The van der Waals surface area contributed by atoms with Crippen LogP contribution in [0, 0.1) is 13.8 Å². The van der Waals surface area contributed by atoms with E-state index in [0.717, 1.165) is 33.7 Å². The fourth-order valence-electron chi connectivity index (χ4n) is 2.27. The fraction of sp³-hybridized carbons (Fsp3) is 0.250. The fourth-order valence-corrected chi connectivity index (χ4v) is 3.05. The quantitative estimate of drug-likeness (QED) is 0.802. The predicted molar refractivity (Wildman–Crippen MR) is 83.8 cm³/mol. The molecular weight excluding hydrogens is 284 g/mol. The Morgan fingerprint density at radius 2 is 2.14 bits per heavy atom. The minimum absolute atomic E-state index is 0.169. The van der Waals surface area contributed by atoms with Crippen molar-refractivity contribution in [2.24, 2.45) is 0 Å². The van der Waals surface area contributed by atoms with Gasteiger partial charge in [-0.25, -0.2) is 4.98 Å². The predicted octanol–water partition coefficient (Wildman–Crippen LogP) is 3.48.